The molecule has 0 bridgehead atoms. The Bertz CT molecular complexity index is 637. The van der Waals surface area contributed by atoms with Gasteiger partial charge >= 0.3 is 0 Å². The number of hydrogen-bond donors (Lipinski definition) is 1. The molecule has 0 aliphatic carbocycles. The van der Waals surface area contributed by atoms with Gasteiger partial charge in [-0.2, -0.15) is 0 Å². The zero-order valence-electron chi connectivity index (χ0n) is 14.0. The molecule has 1 aromatic carbocycles. The summed E-state index contributed by atoms with van der Waals surface area (Å²) in [5.74, 6) is 3.21. The maximum Gasteiger partial charge on any atom is 0.104 e. The van der Waals surface area contributed by atoms with Gasteiger partial charge in [0.1, 0.15) is 5.82 Å². The van der Waals surface area contributed by atoms with Crippen LogP contribution < -0.4 is 0 Å². The van der Waals surface area contributed by atoms with Crippen molar-refractivity contribution in [3.63, 3.8) is 0 Å². The third-order valence-electron chi connectivity index (χ3n) is 2.59. The van der Waals surface area contributed by atoms with Crippen LogP contribution in [0, 0.1) is 19.3 Å². The van der Waals surface area contributed by atoms with Gasteiger partial charge in [0.25, 0.3) is 0 Å². The van der Waals surface area contributed by atoms with Crippen molar-refractivity contribution in [3.8, 4) is 12.3 Å². The number of fused-ring (bicyclic) bond motifs is 1. The normalized spacial score (nSPS) is 10.4. The third kappa shape index (κ3) is 5.71. The van der Waals surface area contributed by atoms with Gasteiger partial charge in [0, 0.05) is 0 Å². The number of benzene rings is 1. The van der Waals surface area contributed by atoms with Gasteiger partial charge < -0.3 is 4.98 Å². The van der Waals surface area contributed by atoms with E-state index in [2.05, 4.69) is 65.7 Å². The summed E-state index contributed by atoms with van der Waals surface area (Å²) in [6.45, 7) is 11.7. The van der Waals surface area contributed by atoms with E-state index in [0.29, 0.717) is 0 Å². The summed E-state index contributed by atoms with van der Waals surface area (Å²) >= 11 is 0. The average Bonchev–Trinajstić information content (AvgIpc) is 2.86. The van der Waals surface area contributed by atoms with Crippen LogP contribution in [-0.2, 0) is 0 Å². The summed E-state index contributed by atoms with van der Waals surface area (Å²) in [5, 5.41) is 0. The molecule has 2 nitrogen and oxygen atoms in total. The van der Waals surface area contributed by atoms with Crippen molar-refractivity contribution in [2.24, 2.45) is 0 Å². The van der Waals surface area contributed by atoms with Crippen molar-refractivity contribution in [2.75, 3.05) is 0 Å². The van der Waals surface area contributed by atoms with Gasteiger partial charge in [-0.3, -0.25) is 0 Å². The van der Waals surface area contributed by atoms with Gasteiger partial charge in [-0.1, -0.05) is 38.1 Å². The van der Waals surface area contributed by atoms with Crippen LogP contribution in [0.1, 0.15) is 46.0 Å². The summed E-state index contributed by atoms with van der Waals surface area (Å²) in [5.41, 5.74) is 4.57. The molecule has 0 saturated heterocycles. The molecule has 0 saturated carbocycles. The molecule has 0 amide bonds. The second-order valence-electron chi connectivity index (χ2n) is 4.09. The molecule has 2 heteroatoms. The third-order valence-corrected chi connectivity index (χ3v) is 2.59. The zero-order chi connectivity index (χ0) is 16.3. The van der Waals surface area contributed by atoms with E-state index >= 15 is 0 Å². The number of nitrogens with zero attached hydrogens (tertiary/aromatic N) is 1. The first-order valence-electron chi connectivity index (χ1n) is 7.29. The fraction of sp³-hybridized carbons (Fsp3) is 0.316. The number of H-pyrrole nitrogens is 1. The second kappa shape index (κ2) is 10.5. The Kier molecular flexibility index (Phi) is 9.37. The van der Waals surface area contributed by atoms with Crippen LogP contribution in [0.15, 0.2) is 36.4 Å². The van der Waals surface area contributed by atoms with Gasteiger partial charge in [0.2, 0.25) is 0 Å². The van der Waals surface area contributed by atoms with Gasteiger partial charge in [0.15, 0.2) is 0 Å². The quantitative estimate of drug-likeness (QED) is 0.570. The number of nitrogens with one attached hydrogen (secondary N) is 1. The lowest BCUT2D eigenvalue weighted by Gasteiger charge is -2.01. The van der Waals surface area contributed by atoms with Gasteiger partial charge in [-0.15, -0.1) is 12.3 Å². The van der Waals surface area contributed by atoms with Crippen LogP contribution >= 0.6 is 0 Å². The first-order valence-corrected chi connectivity index (χ1v) is 7.29. The second-order valence-corrected chi connectivity index (χ2v) is 4.09. The van der Waals surface area contributed by atoms with Gasteiger partial charge in [0.05, 0.1) is 11.0 Å². The molecule has 0 spiro atoms. The molecule has 1 N–H and O–H groups in total. The highest BCUT2D eigenvalue weighted by atomic mass is 14.9. The van der Waals surface area contributed by atoms with Crippen molar-refractivity contribution in [2.45, 2.75) is 41.5 Å². The van der Waals surface area contributed by atoms with Crippen LogP contribution in [0.4, 0.5) is 0 Å². The minimum atomic E-state index is 0.959. The highest BCUT2D eigenvalue weighted by Crippen LogP contribution is 2.20. The van der Waals surface area contributed by atoms with Crippen molar-refractivity contribution in [1.29, 1.82) is 0 Å². The van der Waals surface area contributed by atoms with Crippen LogP contribution in [0.25, 0.3) is 16.6 Å². The molecule has 2 aromatic rings. The van der Waals surface area contributed by atoms with Crippen molar-refractivity contribution in [1.82, 2.24) is 9.97 Å². The highest BCUT2D eigenvalue weighted by Gasteiger charge is 2.02. The first kappa shape index (κ1) is 18.7. The Morgan fingerprint density at radius 1 is 1.29 bits per heavy atom. The minimum absolute atomic E-state index is 0.959. The monoisotopic (exact) mass is 282 g/mol. The number of aryl methyl sites for hydroxylation is 1. The van der Waals surface area contributed by atoms with E-state index in [1.54, 1.807) is 6.92 Å². The smallest absolute Gasteiger partial charge is 0.104 e. The number of aromatic amines is 1. The molecule has 112 valence electrons. The molecule has 0 aliphatic rings. The zero-order valence-corrected chi connectivity index (χ0v) is 14.0. The van der Waals surface area contributed by atoms with Crippen LogP contribution in [0.5, 0.6) is 0 Å². The molecule has 0 atom stereocenters. The SMILES string of the molecule is C#CC.C/C=C\C(=C/C)c1ccc2nc(C)[nH]c2c1.CC. The summed E-state index contributed by atoms with van der Waals surface area (Å²) in [6, 6.07) is 6.31. The summed E-state index contributed by atoms with van der Waals surface area (Å²) in [4.78, 5) is 7.65. The van der Waals surface area contributed by atoms with E-state index in [4.69, 9.17) is 0 Å². The lowest BCUT2D eigenvalue weighted by molar-refractivity contribution is 1.17. The molecule has 0 aliphatic heterocycles. The Balaban J connectivity index is 0.000000713. The predicted molar refractivity (Wildman–Crippen MR) is 95.2 cm³/mol. The van der Waals surface area contributed by atoms with E-state index in [-0.39, 0.29) is 0 Å². The predicted octanol–water partition coefficient (Wildman–Crippen LogP) is 5.52. The largest absolute Gasteiger partial charge is 0.342 e. The maximum absolute atomic E-state index is 4.60. The number of hydrogen-bond acceptors (Lipinski definition) is 1. The van der Waals surface area contributed by atoms with Crippen LogP contribution in [-0.4, -0.2) is 9.97 Å². The van der Waals surface area contributed by atoms with E-state index in [0.717, 1.165) is 16.9 Å². The number of allylic oxidation sites excluding steroid dienone is 4. The van der Waals surface area contributed by atoms with E-state index < -0.39 is 0 Å². The number of aromatic nitrogens is 2. The number of terminal acetylenes is 1. The van der Waals surface area contributed by atoms with Gasteiger partial charge in [-0.05, 0) is 51.0 Å². The van der Waals surface area contributed by atoms with Gasteiger partial charge in [-0.25, -0.2) is 4.98 Å². The minimum Gasteiger partial charge on any atom is -0.342 e. The summed E-state index contributed by atoms with van der Waals surface area (Å²) < 4.78 is 0. The number of imidazole rings is 1. The Morgan fingerprint density at radius 2 is 1.90 bits per heavy atom. The van der Waals surface area contributed by atoms with E-state index in [9.17, 15) is 0 Å². The molecule has 0 fully saturated rings. The standard InChI is InChI=1S/C14H16N2.C3H4.C2H6/c1-4-6-11(5-2)12-7-8-13-14(9-12)16-10(3)15-13;1-3-2;1-2/h4-9H,1-3H3,(H,15,16);1H,2H3;1-2H3/b6-4-,11-5+;;. The van der Waals surface area contributed by atoms with Crippen LogP contribution in [0.2, 0.25) is 0 Å². The maximum atomic E-state index is 4.60. The molecule has 1 heterocycles. The fourth-order valence-corrected chi connectivity index (χ4v) is 1.86. The highest BCUT2D eigenvalue weighted by molar-refractivity contribution is 5.83. The van der Waals surface area contributed by atoms with E-state index in [1.165, 1.54) is 11.1 Å². The molecule has 2 rings (SSSR count). The first-order chi connectivity index (χ1) is 10.2. The molecule has 21 heavy (non-hydrogen) atoms. The topological polar surface area (TPSA) is 28.7 Å². The Labute approximate surface area is 129 Å². The Morgan fingerprint density at radius 3 is 2.43 bits per heavy atom. The lowest BCUT2D eigenvalue weighted by Crippen LogP contribution is -1.80. The molecule has 0 radical (unpaired) electrons. The average molecular weight is 282 g/mol. The van der Waals surface area contributed by atoms with Crippen LogP contribution in [0.3, 0.4) is 0 Å². The van der Waals surface area contributed by atoms with E-state index in [1.807, 2.05) is 27.7 Å². The molecular formula is C19H26N2. The molecule has 1 aromatic heterocycles. The number of rotatable bonds is 2. The summed E-state index contributed by atoms with van der Waals surface area (Å²) in [7, 11) is 0. The van der Waals surface area contributed by atoms with Crippen molar-refractivity contribution >= 4 is 16.6 Å². The molecular weight excluding hydrogens is 256 g/mol. The summed E-state index contributed by atoms with van der Waals surface area (Å²) in [6.07, 6.45) is 10.9. The fourth-order valence-electron chi connectivity index (χ4n) is 1.86. The van der Waals surface area contributed by atoms with Crippen molar-refractivity contribution < 1.29 is 0 Å². The molecule has 0 unspecified atom stereocenters. The van der Waals surface area contributed by atoms with Crippen molar-refractivity contribution in [3.05, 3.63) is 47.8 Å². The Hall–Kier alpha value is -2.27. The lowest BCUT2D eigenvalue weighted by atomic mass is 10.0.